The number of nitrogens with zero attached hydrogens (tertiary/aromatic N) is 1. The summed E-state index contributed by atoms with van der Waals surface area (Å²) in [6, 6.07) is 3.38. The Labute approximate surface area is 108 Å². The van der Waals surface area contributed by atoms with Crippen LogP contribution in [0.2, 0.25) is 0 Å². The Morgan fingerprint density at radius 2 is 2.17 bits per heavy atom. The topological polar surface area (TPSA) is 38.9 Å². The summed E-state index contributed by atoms with van der Waals surface area (Å²) in [7, 11) is 0. The largest absolute Gasteiger partial charge is 0.330 e. The molecule has 2 nitrogen and oxygen atoms in total. The van der Waals surface area contributed by atoms with Crippen molar-refractivity contribution in [3.63, 3.8) is 0 Å². The Bertz CT molecular complexity index is 536. The van der Waals surface area contributed by atoms with Gasteiger partial charge in [0.1, 0.15) is 11.6 Å². The summed E-state index contributed by atoms with van der Waals surface area (Å²) >= 11 is 1.44. The molecule has 0 aliphatic carbocycles. The van der Waals surface area contributed by atoms with E-state index in [0.717, 1.165) is 29.6 Å². The molecule has 18 heavy (non-hydrogen) atoms. The zero-order valence-corrected chi connectivity index (χ0v) is 10.8. The molecule has 1 aromatic carbocycles. The van der Waals surface area contributed by atoms with Gasteiger partial charge in [0, 0.05) is 23.4 Å². The highest BCUT2D eigenvalue weighted by molar-refractivity contribution is 7.10. The molecule has 0 radical (unpaired) electrons. The average molecular weight is 268 g/mol. The second-order valence-electron chi connectivity index (χ2n) is 4.04. The molecule has 0 saturated carbocycles. The lowest BCUT2D eigenvalue weighted by Crippen LogP contribution is -2.11. The van der Waals surface area contributed by atoms with Crippen LogP contribution in [0.4, 0.5) is 8.78 Å². The van der Waals surface area contributed by atoms with Crippen LogP contribution in [-0.4, -0.2) is 11.5 Å². The molecule has 1 aromatic heterocycles. The van der Waals surface area contributed by atoms with Gasteiger partial charge in [0.15, 0.2) is 0 Å². The van der Waals surface area contributed by atoms with Crippen molar-refractivity contribution in [3.8, 4) is 11.3 Å². The predicted molar refractivity (Wildman–Crippen MR) is 69.6 cm³/mol. The zero-order chi connectivity index (χ0) is 13.1. The van der Waals surface area contributed by atoms with Crippen molar-refractivity contribution in [1.29, 1.82) is 0 Å². The number of halogens is 2. The van der Waals surface area contributed by atoms with Crippen LogP contribution in [0.3, 0.4) is 0 Å². The Hall–Kier alpha value is -1.33. The van der Waals surface area contributed by atoms with Gasteiger partial charge in [-0.3, -0.25) is 0 Å². The van der Waals surface area contributed by atoms with Crippen LogP contribution >= 0.6 is 11.3 Å². The molecule has 2 rings (SSSR count). The normalized spacial score (nSPS) is 12.7. The van der Waals surface area contributed by atoms with Crippen LogP contribution in [-0.2, 0) is 0 Å². The summed E-state index contributed by atoms with van der Waals surface area (Å²) in [6.45, 7) is 2.54. The lowest BCUT2D eigenvalue weighted by Gasteiger charge is -2.07. The fraction of sp³-hybridized carbons (Fsp3) is 0.308. The van der Waals surface area contributed by atoms with E-state index in [1.807, 2.05) is 6.92 Å². The van der Waals surface area contributed by atoms with Crippen molar-refractivity contribution >= 4 is 11.3 Å². The quantitative estimate of drug-likeness (QED) is 0.921. The van der Waals surface area contributed by atoms with Crippen LogP contribution in [0, 0.1) is 11.6 Å². The minimum Gasteiger partial charge on any atom is -0.330 e. The molecule has 5 heteroatoms. The number of thiazole rings is 1. The van der Waals surface area contributed by atoms with Crippen LogP contribution in [0.1, 0.15) is 24.3 Å². The Morgan fingerprint density at radius 3 is 2.83 bits per heavy atom. The second kappa shape index (κ2) is 5.54. The van der Waals surface area contributed by atoms with E-state index in [1.165, 1.54) is 11.3 Å². The van der Waals surface area contributed by atoms with E-state index in [9.17, 15) is 8.78 Å². The highest BCUT2D eigenvalue weighted by atomic mass is 32.1. The molecule has 0 amide bonds. The third kappa shape index (κ3) is 2.57. The van der Waals surface area contributed by atoms with Gasteiger partial charge in [-0.15, -0.1) is 11.3 Å². The van der Waals surface area contributed by atoms with Crippen LogP contribution < -0.4 is 5.73 Å². The average Bonchev–Trinajstić information content (AvgIpc) is 2.83. The van der Waals surface area contributed by atoms with Crippen molar-refractivity contribution in [2.75, 3.05) is 6.54 Å². The fourth-order valence-electron chi connectivity index (χ4n) is 1.73. The molecular formula is C13H14F2N2S. The molecule has 96 valence electrons. The molecule has 2 aromatic rings. The Kier molecular flexibility index (Phi) is 4.04. The first kappa shape index (κ1) is 13.1. The van der Waals surface area contributed by atoms with Gasteiger partial charge in [-0.25, -0.2) is 13.8 Å². The van der Waals surface area contributed by atoms with Crippen molar-refractivity contribution in [1.82, 2.24) is 4.98 Å². The molecule has 0 saturated heterocycles. The monoisotopic (exact) mass is 268 g/mol. The highest BCUT2D eigenvalue weighted by Crippen LogP contribution is 2.29. The van der Waals surface area contributed by atoms with E-state index < -0.39 is 11.6 Å². The van der Waals surface area contributed by atoms with E-state index in [2.05, 4.69) is 4.98 Å². The predicted octanol–water partition coefficient (Wildman–Crippen LogP) is 3.54. The molecule has 0 aliphatic rings. The standard InChI is InChI=1S/C13H14F2N2S/c1-2-8(6-16)13-17-12(7-18-13)10-5-9(14)3-4-11(10)15/h3-5,7-8H,2,6,16H2,1H3. The molecule has 1 atom stereocenters. The van der Waals surface area contributed by atoms with Crippen LogP contribution in [0.15, 0.2) is 23.6 Å². The number of hydrogen-bond donors (Lipinski definition) is 1. The van der Waals surface area contributed by atoms with Gasteiger partial charge >= 0.3 is 0 Å². The van der Waals surface area contributed by atoms with E-state index in [0.29, 0.717) is 12.2 Å². The summed E-state index contributed by atoms with van der Waals surface area (Å²) < 4.78 is 26.7. The number of benzene rings is 1. The van der Waals surface area contributed by atoms with Gasteiger partial charge < -0.3 is 5.73 Å². The van der Waals surface area contributed by atoms with Crippen LogP contribution in [0.25, 0.3) is 11.3 Å². The number of nitrogens with two attached hydrogens (primary N) is 1. The fourth-order valence-corrected chi connectivity index (χ4v) is 2.75. The van der Waals surface area contributed by atoms with Crippen molar-refractivity contribution in [2.45, 2.75) is 19.3 Å². The first-order chi connectivity index (χ1) is 8.65. The van der Waals surface area contributed by atoms with Gasteiger partial charge in [0.2, 0.25) is 0 Å². The molecule has 2 N–H and O–H groups in total. The minimum absolute atomic E-state index is 0.181. The molecule has 0 spiro atoms. The summed E-state index contributed by atoms with van der Waals surface area (Å²) in [5, 5.41) is 2.62. The minimum atomic E-state index is -0.466. The van der Waals surface area contributed by atoms with Crippen molar-refractivity contribution in [2.24, 2.45) is 5.73 Å². The molecule has 1 heterocycles. The van der Waals surface area contributed by atoms with Gasteiger partial charge in [-0.05, 0) is 24.6 Å². The Balaban J connectivity index is 2.37. The summed E-state index contributed by atoms with van der Waals surface area (Å²) in [4.78, 5) is 4.36. The lowest BCUT2D eigenvalue weighted by molar-refractivity contribution is 0.602. The summed E-state index contributed by atoms with van der Waals surface area (Å²) in [5.74, 6) is -0.749. The zero-order valence-electron chi connectivity index (χ0n) is 9.99. The van der Waals surface area contributed by atoms with E-state index >= 15 is 0 Å². The Morgan fingerprint density at radius 1 is 1.39 bits per heavy atom. The first-order valence-corrected chi connectivity index (χ1v) is 6.64. The van der Waals surface area contributed by atoms with Gasteiger partial charge in [-0.2, -0.15) is 0 Å². The maximum atomic E-state index is 13.6. The number of rotatable bonds is 4. The molecule has 1 unspecified atom stereocenters. The van der Waals surface area contributed by atoms with Crippen molar-refractivity contribution in [3.05, 3.63) is 40.2 Å². The van der Waals surface area contributed by atoms with E-state index in [4.69, 9.17) is 5.73 Å². The van der Waals surface area contributed by atoms with E-state index in [1.54, 1.807) is 5.38 Å². The molecule has 0 bridgehead atoms. The molecule has 0 fully saturated rings. The van der Waals surface area contributed by atoms with Gasteiger partial charge in [0.25, 0.3) is 0 Å². The second-order valence-corrected chi connectivity index (χ2v) is 4.93. The highest BCUT2D eigenvalue weighted by Gasteiger charge is 2.15. The smallest absolute Gasteiger partial charge is 0.132 e. The number of hydrogen-bond acceptors (Lipinski definition) is 3. The SMILES string of the molecule is CCC(CN)c1nc(-c2cc(F)ccc2F)cs1. The van der Waals surface area contributed by atoms with Gasteiger partial charge in [0.05, 0.1) is 10.7 Å². The third-order valence-electron chi connectivity index (χ3n) is 2.85. The maximum Gasteiger partial charge on any atom is 0.132 e. The number of aromatic nitrogens is 1. The summed E-state index contributed by atoms with van der Waals surface area (Å²) in [5.41, 5.74) is 6.32. The lowest BCUT2D eigenvalue weighted by atomic mass is 10.1. The third-order valence-corrected chi connectivity index (χ3v) is 3.86. The van der Waals surface area contributed by atoms with Crippen LogP contribution in [0.5, 0.6) is 0 Å². The van der Waals surface area contributed by atoms with Gasteiger partial charge in [-0.1, -0.05) is 6.92 Å². The maximum absolute atomic E-state index is 13.6. The first-order valence-electron chi connectivity index (χ1n) is 5.76. The molecular weight excluding hydrogens is 254 g/mol. The summed E-state index contributed by atoms with van der Waals surface area (Å²) in [6.07, 6.45) is 0.884. The molecule has 0 aliphatic heterocycles. The van der Waals surface area contributed by atoms with Crippen molar-refractivity contribution < 1.29 is 8.78 Å². The van der Waals surface area contributed by atoms with E-state index in [-0.39, 0.29) is 11.5 Å².